The van der Waals surface area contributed by atoms with E-state index in [1.54, 1.807) is 0 Å². The van der Waals surface area contributed by atoms with Gasteiger partial charge in [0.25, 0.3) is 0 Å². The van der Waals surface area contributed by atoms with Gasteiger partial charge in [0.1, 0.15) is 5.02 Å². The van der Waals surface area contributed by atoms with Crippen molar-refractivity contribution in [2.24, 2.45) is 5.84 Å². The molecule has 20 heavy (non-hydrogen) atoms. The van der Waals surface area contributed by atoms with Crippen LogP contribution >= 0.6 is 11.6 Å². The molecule has 5 nitrogen and oxygen atoms in total. The predicted molar refractivity (Wildman–Crippen MR) is 82.7 cm³/mol. The largest absolute Gasteiger partial charge is 0.366 e. The van der Waals surface area contributed by atoms with Crippen LogP contribution in [0.25, 0.3) is 0 Å². The molecule has 1 heterocycles. The van der Waals surface area contributed by atoms with E-state index in [0.29, 0.717) is 16.8 Å². The fourth-order valence-corrected chi connectivity index (χ4v) is 2.02. The summed E-state index contributed by atoms with van der Waals surface area (Å²) in [6.45, 7) is 2.09. The predicted octanol–water partition coefficient (Wildman–Crippen LogP) is 2.85. The first-order chi connectivity index (χ1) is 9.69. The minimum atomic E-state index is 0.244. The van der Waals surface area contributed by atoms with Crippen LogP contribution in [0.2, 0.25) is 5.02 Å². The molecule has 4 N–H and O–H groups in total. The molecule has 2 aromatic rings. The quantitative estimate of drug-likeness (QED) is 0.563. The van der Waals surface area contributed by atoms with Crippen LogP contribution in [0.3, 0.4) is 0 Å². The molecule has 0 aliphatic carbocycles. The highest BCUT2D eigenvalue weighted by Crippen LogP contribution is 2.20. The average molecular weight is 292 g/mol. The van der Waals surface area contributed by atoms with E-state index in [1.165, 1.54) is 11.8 Å². The van der Waals surface area contributed by atoms with Crippen molar-refractivity contribution in [1.82, 2.24) is 9.97 Å². The number of anilines is 2. The summed E-state index contributed by atoms with van der Waals surface area (Å²) in [6, 6.07) is 10.6. The van der Waals surface area contributed by atoms with Crippen molar-refractivity contribution in [3.63, 3.8) is 0 Å². The number of benzene rings is 1. The molecule has 1 aromatic carbocycles. The Morgan fingerprint density at radius 1 is 1.30 bits per heavy atom. The average Bonchev–Trinajstić information content (AvgIpc) is 2.48. The zero-order valence-corrected chi connectivity index (χ0v) is 12.1. The van der Waals surface area contributed by atoms with Gasteiger partial charge in [-0.15, -0.1) is 0 Å². The van der Waals surface area contributed by atoms with Crippen LogP contribution in [-0.4, -0.2) is 16.0 Å². The Labute approximate surface area is 123 Å². The summed E-state index contributed by atoms with van der Waals surface area (Å²) >= 11 is 6.06. The van der Waals surface area contributed by atoms with Crippen LogP contribution in [0.4, 0.5) is 11.8 Å². The molecule has 106 valence electrons. The van der Waals surface area contributed by atoms with Gasteiger partial charge in [-0.05, 0) is 25.3 Å². The van der Waals surface area contributed by atoms with Crippen molar-refractivity contribution in [3.05, 3.63) is 47.1 Å². The van der Waals surface area contributed by atoms with Gasteiger partial charge in [-0.25, -0.2) is 10.8 Å². The van der Waals surface area contributed by atoms with Crippen LogP contribution in [-0.2, 0) is 6.42 Å². The Hall–Kier alpha value is -1.85. The molecule has 6 heteroatoms. The number of nitrogens with one attached hydrogen (secondary N) is 2. The molecule has 0 spiro atoms. The first-order valence-electron chi connectivity index (χ1n) is 6.48. The van der Waals surface area contributed by atoms with Crippen LogP contribution < -0.4 is 16.6 Å². The lowest BCUT2D eigenvalue weighted by Gasteiger charge is -2.15. The maximum atomic E-state index is 6.06. The molecule has 0 aliphatic heterocycles. The lowest BCUT2D eigenvalue weighted by atomic mass is 10.1. The summed E-state index contributed by atoms with van der Waals surface area (Å²) < 4.78 is 0. The molecular weight excluding hydrogens is 274 g/mol. The number of halogens is 1. The molecule has 1 aromatic heterocycles. The molecule has 0 bridgehead atoms. The molecule has 1 atom stereocenters. The number of hydrazine groups is 1. The van der Waals surface area contributed by atoms with Crippen LogP contribution in [0, 0.1) is 0 Å². The second-order valence-electron chi connectivity index (χ2n) is 4.60. The number of nitrogen functional groups attached to an aromatic ring is 1. The fourth-order valence-electron chi connectivity index (χ4n) is 1.87. The van der Waals surface area contributed by atoms with Crippen molar-refractivity contribution in [1.29, 1.82) is 0 Å². The second kappa shape index (κ2) is 7.07. The zero-order chi connectivity index (χ0) is 14.4. The third kappa shape index (κ3) is 4.08. The molecule has 2 rings (SSSR count). The van der Waals surface area contributed by atoms with Gasteiger partial charge in [-0.3, -0.25) is 5.43 Å². The Morgan fingerprint density at radius 2 is 2.05 bits per heavy atom. The molecule has 1 unspecified atom stereocenters. The minimum absolute atomic E-state index is 0.244. The third-order valence-electron chi connectivity index (χ3n) is 2.97. The van der Waals surface area contributed by atoms with E-state index in [0.717, 1.165) is 12.8 Å². The Balaban J connectivity index is 1.92. The van der Waals surface area contributed by atoms with E-state index in [2.05, 4.69) is 39.8 Å². The maximum absolute atomic E-state index is 6.06. The monoisotopic (exact) mass is 291 g/mol. The van der Waals surface area contributed by atoms with E-state index in [9.17, 15) is 0 Å². The van der Waals surface area contributed by atoms with Gasteiger partial charge in [0.2, 0.25) is 5.95 Å². The number of aryl methyl sites for hydroxylation is 1. The van der Waals surface area contributed by atoms with E-state index in [1.807, 2.05) is 18.2 Å². The number of rotatable bonds is 6. The van der Waals surface area contributed by atoms with Crippen molar-refractivity contribution in [2.45, 2.75) is 25.8 Å². The minimum Gasteiger partial charge on any atom is -0.366 e. The van der Waals surface area contributed by atoms with Gasteiger partial charge >= 0.3 is 0 Å². The summed E-state index contributed by atoms with van der Waals surface area (Å²) in [5, 5.41) is 3.76. The first kappa shape index (κ1) is 14.6. The number of nitrogens with two attached hydrogens (primary N) is 1. The standard InChI is InChI=1S/C14H18ClN5/c1-10(7-8-11-5-3-2-4-6-11)18-13-12(15)9-17-14(19-13)20-16/h2-6,9-10H,7-8,16H2,1H3,(H2,17,18,19,20). The normalized spacial score (nSPS) is 11.9. The van der Waals surface area contributed by atoms with Gasteiger partial charge in [-0.2, -0.15) is 4.98 Å². The fraction of sp³-hybridized carbons (Fsp3) is 0.286. The number of aromatic nitrogens is 2. The molecule has 0 aliphatic rings. The Bertz CT molecular complexity index is 547. The van der Waals surface area contributed by atoms with E-state index in [-0.39, 0.29) is 6.04 Å². The highest BCUT2D eigenvalue weighted by atomic mass is 35.5. The van der Waals surface area contributed by atoms with Gasteiger partial charge in [-0.1, -0.05) is 41.9 Å². The molecular formula is C14H18ClN5. The van der Waals surface area contributed by atoms with Crippen molar-refractivity contribution >= 4 is 23.4 Å². The topological polar surface area (TPSA) is 75.9 Å². The first-order valence-corrected chi connectivity index (χ1v) is 6.86. The Kier molecular flexibility index (Phi) is 5.15. The third-order valence-corrected chi connectivity index (χ3v) is 3.24. The summed E-state index contributed by atoms with van der Waals surface area (Å²) in [6.07, 6.45) is 3.51. The summed E-state index contributed by atoms with van der Waals surface area (Å²) in [5.41, 5.74) is 3.72. The molecule has 0 fully saturated rings. The van der Waals surface area contributed by atoms with Crippen molar-refractivity contribution in [3.8, 4) is 0 Å². The number of hydrogen-bond acceptors (Lipinski definition) is 5. The van der Waals surface area contributed by atoms with Crippen molar-refractivity contribution in [2.75, 3.05) is 10.7 Å². The second-order valence-corrected chi connectivity index (χ2v) is 5.01. The smallest absolute Gasteiger partial charge is 0.239 e. The highest BCUT2D eigenvalue weighted by molar-refractivity contribution is 6.32. The number of nitrogens with zero attached hydrogens (tertiary/aromatic N) is 2. The van der Waals surface area contributed by atoms with Crippen LogP contribution in [0.15, 0.2) is 36.5 Å². The highest BCUT2D eigenvalue weighted by Gasteiger charge is 2.08. The zero-order valence-electron chi connectivity index (χ0n) is 11.3. The van der Waals surface area contributed by atoms with Gasteiger partial charge in [0, 0.05) is 6.04 Å². The molecule has 0 saturated carbocycles. The van der Waals surface area contributed by atoms with Gasteiger partial charge in [0.05, 0.1) is 6.20 Å². The van der Waals surface area contributed by atoms with E-state index >= 15 is 0 Å². The Morgan fingerprint density at radius 3 is 2.75 bits per heavy atom. The summed E-state index contributed by atoms with van der Waals surface area (Å²) in [7, 11) is 0. The molecule has 0 amide bonds. The SMILES string of the molecule is CC(CCc1ccccc1)Nc1nc(NN)ncc1Cl. The van der Waals surface area contributed by atoms with E-state index < -0.39 is 0 Å². The summed E-state index contributed by atoms with van der Waals surface area (Å²) in [4.78, 5) is 8.13. The van der Waals surface area contributed by atoms with Gasteiger partial charge in [0.15, 0.2) is 5.82 Å². The molecule has 0 radical (unpaired) electrons. The summed E-state index contributed by atoms with van der Waals surface area (Å²) in [5.74, 6) is 6.22. The van der Waals surface area contributed by atoms with Crippen LogP contribution in [0.5, 0.6) is 0 Å². The van der Waals surface area contributed by atoms with E-state index in [4.69, 9.17) is 17.4 Å². The van der Waals surface area contributed by atoms with Gasteiger partial charge < -0.3 is 5.32 Å². The molecule has 0 saturated heterocycles. The number of hydrogen-bond donors (Lipinski definition) is 3. The maximum Gasteiger partial charge on any atom is 0.239 e. The van der Waals surface area contributed by atoms with Crippen LogP contribution in [0.1, 0.15) is 18.9 Å². The van der Waals surface area contributed by atoms with Crippen molar-refractivity contribution < 1.29 is 0 Å². The lowest BCUT2D eigenvalue weighted by Crippen LogP contribution is -2.18. The lowest BCUT2D eigenvalue weighted by molar-refractivity contribution is 0.702.